The Bertz CT molecular complexity index is 865. The van der Waals surface area contributed by atoms with Crippen LogP contribution >= 0.6 is 23.1 Å². The van der Waals surface area contributed by atoms with Crippen molar-refractivity contribution in [2.24, 2.45) is 10.1 Å². The van der Waals surface area contributed by atoms with E-state index in [0.29, 0.717) is 25.2 Å². The van der Waals surface area contributed by atoms with Crippen LogP contribution in [0.5, 0.6) is 0 Å². The molecule has 1 saturated heterocycles. The summed E-state index contributed by atoms with van der Waals surface area (Å²) in [6.45, 7) is 1.04. The molecule has 1 aliphatic heterocycles. The summed E-state index contributed by atoms with van der Waals surface area (Å²) in [4.78, 5) is 27.1. The van der Waals surface area contributed by atoms with Gasteiger partial charge in [0, 0.05) is 29.7 Å². The number of halogens is 1. The number of hydrogen-bond donors (Lipinski definition) is 1. The fourth-order valence-corrected chi connectivity index (χ4v) is 3.81. The minimum absolute atomic E-state index is 0.0992. The number of ether oxygens (including phenoxy) is 1. The molecule has 1 aromatic carbocycles. The summed E-state index contributed by atoms with van der Waals surface area (Å²) in [7, 11) is 1.76. The number of nitrogens with zero attached hydrogens (tertiary/aromatic N) is 3. The fourth-order valence-electron chi connectivity index (χ4n) is 2.48. The maximum atomic E-state index is 13.2. The molecule has 0 radical (unpaired) electrons. The van der Waals surface area contributed by atoms with Gasteiger partial charge in [-0.2, -0.15) is 4.39 Å². The number of thioether (sulfide) groups is 1. The average molecular weight is 437 g/mol. The van der Waals surface area contributed by atoms with Crippen LogP contribution in [0.1, 0.15) is 18.4 Å². The van der Waals surface area contributed by atoms with E-state index in [1.54, 1.807) is 18.8 Å². The first-order chi connectivity index (χ1) is 14.2. The second-order valence-electron chi connectivity index (χ2n) is 6.06. The molecule has 7 nitrogen and oxygen atoms in total. The summed E-state index contributed by atoms with van der Waals surface area (Å²) in [5.74, 6) is 0.399. The van der Waals surface area contributed by atoms with Gasteiger partial charge in [0.1, 0.15) is 0 Å². The summed E-state index contributed by atoms with van der Waals surface area (Å²) < 4.78 is 18.4. The standard InChI is InChI=1S/C19H21FN4O3S2/c1-21-8-2-10-28-15-5-3-13(4-6-15)17(24-27-14-7-9-26-12-14)18(25)23-19-22-11-16(20)29-19/h3-6,8,11,14H,2,7,9-10,12H2,1H3,(H,22,23,25)/b21-8?,24-17+/t14-/m1/s1. The molecule has 1 fully saturated rings. The van der Waals surface area contributed by atoms with Crippen molar-refractivity contribution in [1.82, 2.24) is 4.98 Å². The van der Waals surface area contributed by atoms with E-state index in [4.69, 9.17) is 9.57 Å². The molecule has 1 amide bonds. The van der Waals surface area contributed by atoms with Crippen molar-refractivity contribution in [2.75, 3.05) is 31.3 Å². The molecule has 29 heavy (non-hydrogen) atoms. The minimum Gasteiger partial charge on any atom is -0.389 e. The molecule has 0 aliphatic carbocycles. The molecule has 0 bridgehead atoms. The number of nitrogens with one attached hydrogen (secondary N) is 1. The third-order valence-corrected chi connectivity index (χ3v) is 5.67. The molecule has 0 spiro atoms. The van der Waals surface area contributed by atoms with Crippen molar-refractivity contribution in [3.05, 3.63) is 41.2 Å². The number of thiazole rings is 1. The van der Waals surface area contributed by atoms with Crippen molar-refractivity contribution >= 4 is 46.1 Å². The van der Waals surface area contributed by atoms with E-state index in [2.05, 4.69) is 20.4 Å². The number of amides is 1. The van der Waals surface area contributed by atoms with E-state index in [0.717, 1.165) is 34.6 Å². The first-order valence-electron chi connectivity index (χ1n) is 9.04. The smallest absolute Gasteiger partial charge is 0.280 e. The lowest BCUT2D eigenvalue weighted by molar-refractivity contribution is -0.110. The summed E-state index contributed by atoms with van der Waals surface area (Å²) in [6, 6.07) is 7.47. The maximum Gasteiger partial charge on any atom is 0.280 e. The first kappa shape index (κ1) is 21.4. The molecule has 1 aromatic heterocycles. The van der Waals surface area contributed by atoms with Crippen LogP contribution in [0.4, 0.5) is 9.52 Å². The highest BCUT2D eigenvalue weighted by Crippen LogP contribution is 2.21. The van der Waals surface area contributed by atoms with Crippen LogP contribution in [-0.4, -0.2) is 54.9 Å². The van der Waals surface area contributed by atoms with Gasteiger partial charge >= 0.3 is 0 Å². The molecular formula is C19H21FN4O3S2. The Labute approximate surface area is 176 Å². The first-order valence-corrected chi connectivity index (χ1v) is 10.8. The van der Waals surface area contributed by atoms with Crippen molar-refractivity contribution in [3.63, 3.8) is 0 Å². The number of rotatable bonds is 9. The highest BCUT2D eigenvalue weighted by atomic mass is 32.2. The number of aliphatic imine (C=N–C) groups is 1. The van der Waals surface area contributed by atoms with E-state index in [1.807, 2.05) is 30.5 Å². The van der Waals surface area contributed by atoms with Crippen molar-refractivity contribution in [1.29, 1.82) is 0 Å². The second-order valence-corrected chi connectivity index (χ2v) is 8.21. The molecule has 1 N–H and O–H groups in total. The Hall–Kier alpha value is -2.30. The quantitative estimate of drug-likeness (QED) is 0.281. The third-order valence-electron chi connectivity index (χ3n) is 3.92. The molecule has 1 aliphatic rings. The van der Waals surface area contributed by atoms with Crippen LogP contribution in [0, 0.1) is 5.13 Å². The number of aromatic nitrogens is 1. The lowest BCUT2D eigenvalue weighted by Gasteiger charge is -2.10. The Morgan fingerprint density at radius 3 is 2.97 bits per heavy atom. The number of hydrogen-bond acceptors (Lipinski definition) is 8. The summed E-state index contributed by atoms with van der Waals surface area (Å²) in [5, 5.41) is 6.33. The Balaban J connectivity index is 1.72. The largest absolute Gasteiger partial charge is 0.389 e. The van der Waals surface area contributed by atoms with Crippen molar-refractivity contribution < 1.29 is 18.8 Å². The van der Waals surface area contributed by atoms with Gasteiger partial charge in [0.05, 0.1) is 19.4 Å². The fraction of sp³-hybridized carbons (Fsp3) is 0.368. The van der Waals surface area contributed by atoms with E-state index in [-0.39, 0.29) is 16.9 Å². The molecule has 0 unspecified atom stereocenters. The van der Waals surface area contributed by atoms with Gasteiger partial charge in [-0.25, -0.2) is 4.98 Å². The topological polar surface area (TPSA) is 85.2 Å². The van der Waals surface area contributed by atoms with Crippen LogP contribution < -0.4 is 5.32 Å². The van der Waals surface area contributed by atoms with Gasteiger partial charge in [0.2, 0.25) is 0 Å². The lowest BCUT2D eigenvalue weighted by atomic mass is 10.1. The van der Waals surface area contributed by atoms with Gasteiger partial charge in [-0.1, -0.05) is 28.6 Å². The number of benzene rings is 1. The van der Waals surface area contributed by atoms with Crippen LogP contribution in [0.2, 0.25) is 0 Å². The molecule has 1 atom stereocenters. The van der Waals surface area contributed by atoms with Crippen LogP contribution in [0.25, 0.3) is 0 Å². The zero-order chi connectivity index (χ0) is 20.5. The van der Waals surface area contributed by atoms with Gasteiger partial charge in [0.25, 0.3) is 5.91 Å². The number of anilines is 1. The predicted octanol–water partition coefficient (Wildman–Crippen LogP) is 3.61. The predicted molar refractivity (Wildman–Crippen MR) is 114 cm³/mol. The zero-order valence-electron chi connectivity index (χ0n) is 15.8. The zero-order valence-corrected chi connectivity index (χ0v) is 17.5. The van der Waals surface area contributed by atoms with Gasteiger partial charge in [-0.05, 0) is 24.8 Å². The van der Waals surface area contributed by atoms with E-state index in [1.165, 1.54) is 0 Å². The average Bonchev–Trinajstić information content (AvgIpc) is 3.38. The number of oxime groups is 1. The van der Waals surface area contributed by atoms with E-state index < -0.39 is 11.0 Å². The van der Waals surface area contributed by atoms with Crippen molar-refractivity contribution in [3.8, 4) is 0 Å². The van der Waals surface area contributed by atoms with Gasteiger partial charge in [0.15, 0.2) is 22.1 Å². The Kier molecular flexibility index (Phi) is 8.14. The molecule has 2 heterocycles. The summed E-state index contributed by atoms with van der Waals surface area (Å²) in [6.07, 6.45) is 4.35. The lowest BCUT2D eigenvalue weighted by Crippen LogP contribution is -2.25. The Morgan fingerprint density at radius 2 is 2.31 bits per heavy atom. The molecule has 3 rings (SSSR count). The van der Waals surface area contributed by atoms with Gasteiger partial charge in [-0.3, -0.25) is 10.1 Å². The monoisotopic (exact) mass is 436 g/mol. The van der Waals surface area contributed by atoms with Crippen LogP contribution in [-0.2, 0) is 14.4 Å². The van der Waals surface area contributed by atoms with E-state index in [9.17, 15) is 9.18 Å². The molecule has 2 aromatic rings. The molecule has 10 heteroatoms. The molecule has 0 saturated carbocycles. The molecule has 154 valence electrons. The highest BCUT2D eigenvalue weighted by Gasteiger charge is 2.21. The van der Waals surface area contributed by atoms with Crippen LogP contribution in [0.15, 0.2) is 45.5 Å². The molecular weight excluding hydrogens is 415 g/mol. The van der Waals surface area contributed by atoms with E-state index >= 15 is 0 Å². The number of carbonyl (C=O) groups excluding carboxylic acids is 1. The van der Waals surface area contributed by atoms with Gasteiger partial charge < -0.3 is 14.6 Å². The van der Waals surface area contributed by atoms with Crippen LogP contribution in [0.3, 0.4) is 0 Å². The highest BCUT2D eigenvalue weighted by molar-refractivity contribution is 7.99. The van der Waals surface area contributed by atoms with Crippen molar-refractivity contribution in [2.45, 2.75) is 23.8 Å². The normalized spacial score (nSPS) is 17.0. The minimum atomic E-state index is -0.516. The summed E-state index contributed by atoms with van der Waals surface area (Å²) in [5.41, 5.74) is 0.695. The SMILES string of the molecule is CN=CCCSc1ccc(/C(=N\O[C@@H]2CCOC2)C(=O)Nc2ncc(F)s2)cc1. The summed E-state index contributed by atoms with van der Waals surface area (Å²) >= 11 is 2.45. The van der Waals surface area contributed by atoms with Gasteiger partial charge in [-0.15, -0.1) is 11.8 Å². The number of carbonyl (C=O) groups is 1. The third kappa shape index (κ3) is 6.62. The Morgan fingerprint density at radius 1 is 1.48 bits per heavy atom. The second kappa shape index (κ2) is 11.0. The maximum absolute atomic E-state index is 13.2.